The highest BCUT2D eigenvalue weighted by molar-refractivity contribution is 5.79. The van der Waals surface area contributed by atoms with Crippen LogP contribution in [0.2, 0.25) is 0 Å². The van der Waals surface area contributed by atoms with Crippen molar-refractivity contribution in [3.63, 3.8) is 0 Å². The number of benzene rings is 2. The second-order valence-electron chi connectivity index (χ2n) is 7.29. The first-order valence-electron chi connectivity index (χ1n) is 9.47. The van der Waals surface area contributed by atoms with E-state index in [9.17, 15) is 9.59 Å². The Kier molecular flexibility index (Phi) is 6.22. The van der Waals surface area contributed by atoms with Gasteiger partial charge in [0, 0.05) is 6.07 Å². The lowest BCUT2D eigenvalue weighted by Crippen LogP contribution is -2.27. The molecule has 0 amide bonds. The molecule has 6 heteroatoms. The Morgan fingerprint density at radius 1 is 1.07 bits per heavy atom. The number of fused-ring (bicyclic) bond motifs is 1. The van der Waals surface area contributed by atoms with Crippen LogP contribution in [0.1, 0.15) is 26.3 Å². The van der Waals surface area contributed by atoms with Gasteiger partial charge in [0.1, 0.15) is 23.3 Å². The summed E-state index contributed by atoms with van der Waals surface area (Å²) in [6.45, 7) is 7.81. The van der Waals surface area contributed by atoms with Crippen LogP contribution in [-0.4, -0.2) is 18.7 Å². The number of aryl methyl sites for hydroxylation is 1. The molecule has 0 aliphatic rings. The van der Waals surface area contributed by atoms with E-state index in [0.29, 0.717) is 29.1 Å². The summed E-state index contributed by atoms with van der Waals surface area (Å²) >= 11 is 0. The van der Waals surface area contributed by atoms with Gasteiger partial charge in [-0.05, 0) is 49.6 Å². The summed E-state index contributed by atoms with van der Waals surface area (Å²) in [7, 11) is 0. The maximum Gasteiger partial charge on any atom is 0.347 e. The fourth-order valence-corrected chi connectivity index (χ4v) is 2.66. The van der Waals surface area contributed by atoms with E-state index >= 15 is 0 Å². The molecule has 6 nitrogen and oxygen atoms in total. The average Bonchev–Trinajstić information content (AvgIpc) is 2.68. The van der Waals surface area contributed by atoms with Crippen molar-refractivity contribution in [2.75, 3.05) is 6.61 Å². The number of hydrogen-bond acceptors (Lipinski definition) is 6. The molecule has 1 atom stereocenters. The first kappa shape index (κ1) is 20.5. The summed E-state index contributed by atoms with van der Waals surface area (Å²) in [5, 5.41) is 0.359. The molecule has 0 radical (unpaired) electrons. The molecule has 2 aromatic carbocycles. The number of rotatable bonds is 7. The summed E-state index contributed by atoms with van der Waals surface area (Å²) in [6, 6.07) is 12.2. The summed E-state index contributed by atoms with van der Waals surface area (Å²) in [4.78, 5) is 24.7. The number of carbonyl (C=O) groups excluding carboxylic acids is 1. The molecule has 0 saturated carbocycles. The first-order chi connectivity index (χ1) is 13.8. The monoisotopic (exact) mass is 396 g/mol. The summed E-state index contributed by atoms with van der Waals surface area (Å²) in [5.41, 5.74) is 1.08. The third-order valence-electron chi connectivity index (χ3n) is 4.14. The van der Waals surface area contributed by atoms with Gasteiger partial charge in [0.15, 0.2) is 6.10 Å². The van der Waals surface area contributed by atoms with Crippen molar-refractivity contribution in [2.45, 2.75) is 33.8 Å². The number of ether oxygens (including phenoxy) is 3. The third kappa shape index (κ3) is 5.16. The SMILES string of the molecule is Cc1cccc(Oc2coc3cc(O[C@@H](C)C(=O)OCC(C)C)ccc3c2=O)c1. The fourth-order valence-electron chi connectivity index (χ4n) is 2.66. The molecule has 3 aromatic rings. The number of carbonyl (C=O) groups is 1. The lowest BCUT2D eigenvalue weighted by atomic mass is 10.2. The van der Waals surface area contributed by atoms with Gasteiger partial charge in [-0.2, -0.15) is 0 Å². The molecule has 1 aromatic heterocycles. The van der Waals surface area contributed by atoms with Gasteiger partial charge in [0.05, 0.1) is 12.0 Å². The van der Waals surface area contributed by atoms with Crippen molar-refractivity contribution >= 4 is 16.9 Å². The standard InChI is InChI=1S/C23H24O6/c1-14(2)12-27-23(25)16(4)28-18-8-9-19-20(11-18)26-13-21(22(19)24)29-17-7-5-6-15(3)10-17/h5-11,13-14,16H,12H2,1-4H3/t16-/m0/s1. The Balaban J connectivity index is 1.77. The van der Waals surface area contributed by atoms with Crippen LogP contribution in [-0.2, 0) is 9.53 Å². The van der Waals surface area contributed by atoms with Crippen molar-refractivity contribution < 1.29 is 23.4 Å². The molecule has 0 saturated heterocycles. The van der Waals surface area contributed by atoms with Crippen molar-refractivity contribution in [3.8, 4) is 17.2 Å². The van der Waals surface area contributed by atoms with E-state index in [-0.39, 0.29) is 17.1 Å². The molecular formula is C23H24O6. The first-order valence-corrected chi connectivity index (χ1v) is 9.47. The van der Waals surface area contributed by atoms with Crippen LogP contribution < -0.4 is 14.9 Å². The molecule has 0 spiro atoms. The van der Waals surface area contributed by atoms with Gasteiger partial charge in [-0.1, -0.05) is 26.0 Å². The normalized spacial score (nSPS) is 12.0. The Hall–Kier alpha value is -3.28. The largest absolute Gasteiger partial charge is 0.479 e. The minimum atomic E-state index is -0.776. The maximum absolute atomic E-state index is 12.7. The predicted octanol–water partition coefficient (Wildman–Crippen LogP) is 4.86. The van der Waals surface area contributed by atoms with Crippen LogP contribution in [0.25, 0.3) is 11.0 Å². The highest BCUT2D eigenvalue weighted by Crippen LogP contribution is 2.25. The summed E-state index contributed by atoms with van der Waals surface area (Å²) < 4.78 is 22.0. The molecule has 29 heavy (non-hydrogen) atoms. The third-order valence-corrected chi connectivity index (χ3v) is 4.14. The highest BCUT2D eigenvalue weighted by Gasteiger charge is 2.18. The molecule has 1 heterocycles. The van der Waals surface area contributed by atoms with Gasteiger partial charge in [0.2, 0.25) is 11.2 Å². The molecular weight excluding hydrogens is 372 g/mol. The van der Waals surface area contributed by atoms with E-state index in [4.69, 9.17) is 18.6 Å². The molecule has 0 N–H and O–H groups in total. The van der Waals surface area contributed by atoms with E-state index in [2.05, 4.69) is 0 Å². The molecule has 152 valence electrons. The van der Waals surface area contributed by atoms with Crippen LogP contribution in [0.5, 0.6) is 17.2 Å². The topological polar surface area (TPSA) is 75.0 Å². The van der Waals surface area contributed by atoms with Crippen LogP contribution in [0.15, 0.2) is 57.9 Å². The Morgan fingerprint density at radius 2 is 1.86 bits per heavy atom. The zero-order chi connectivity index (χ0) is 21.0. The van der Waals surface area contributed by atoms with Gasteiger partial charge in [-0.15, -0.1) is 0 Å². The summed E-state index contributed by atoms with van der Waals surface area (Å²) in [6.07, 6.45) is 0.499. The molecule has 0 aliphatic carbocycles. The van der Waals surface area contributed by atoms with E-state index in [1.807, 2.05) is 39.0 Å². The Morgan fingerprint density at radius 3 is 2.59 bits per heavy atom. The van der Waals surface area contributed by atoms with Gasteiger partial charge in [0.25, 0.3) is 0 Å². The molecule has 0 unspecified atom stereocenters. The molecule has 0 bridgehead atoms. The predicted molar refractivity (Wildman–Crippen MR) is 110 cm³/mol. The fraction of sp³-hybridized carbons (Fsp3) is 0.304. The quantitative estimate of drug-likeness (QED) is 0.531. The van der Waals surface area contributed by atoms with Crippen molar-refractivity contribution in [3.05, 3.63) is 64.5 Å². The number of esters is 1. The van der Waals surface area contributed by atoms with E-state index < -0.39 is 12.1 Å². The zero-order valence-corrected chi connectivity index (χ0v) is 16.9. The van der Waals surface area contributed by atoms with Crippen molar-refractivity contribution in [1.29, 1.82) is 0 Å². The Bertz CT molecular complexity index is 1070. The second kappa shape index (κ2) is 8.82. The van der Waals surface area contributed by atoms with E-state index in [1.54, 1.807) is 31.2 Å². The molecule has 3 rings (SSSR count). The second-order valence-corrected chi connectivity index (χ2v) is 7.29. The summed E-state index contributed by atoms with van der Waals surface area (Å²) in [5.74, 6) is 0.870. The van der Waals surface area contributed by atoms with Gasteiger partial charge in [-0.3, -0.25) is 4.79 Å². The van der Waals surface area contributed by atoms with Gasteiger partial charge in [-0.25, -0.2) is 4.79 Å². The van der Waals surface area contributed by atoms with Crippen LogP contribution >= 0.6 is 0 Å². The lowest BCUT2D eigenvalue weighted by Gasteiger charge is -2.15. The number of hydrogen-bond donors (Lipinski definition) is 0. The average molecular weight is 396 g/mol. The van der Waals surface area contributed by atoms with Gasteiger partial charge < -0.3 is 18.6 Å². The molecule has 0 aliphatic heterocycles. The Labute approximate surface area is 169 Å². The van der Waals surface area contributed by atoms with E-state index in [1.165, 1.54) is 6.26 Å². The zero-order valence-electron chi connectivity index (χ0n) is 16.9. The maximum atomic E-state index is 12.7. The molecule has 0 fully saturated rings. The minimum absolute atomic E-state index is 0.0994. The van der Waals surface area contributed by atoms with Crippen molar-refractivity contribution in [1.82, 2.24) is 0 Å². The van der Waals surface area contributed by atoms with E-state index in [0.717, 1.165) is 5.56 Å². The van der Waals surface area contributed by atoms with Crippen LogP contribution in [0.3, 0.4) is 0 Å². The van der Waals surface area contributed by atoms with Gasteiger partial charge >= 0.3 is 5.97 Å². The highest BCUT2D eigenvalue weighted by atomic mass is 16.6. The smallest absolute Gasteiger partial charge is 0.347 e. The van der Waals surface area contributed by atoms with Crippen LogP contribution in [0.4, 0.5) is 0 Å². The van der Waals surface area contributed by atoms with Crippen molar-refractivity contribution in [2.24, 2.45) is 5.92 Å². The minimum Gasteiger partial charge on any atom is -0.479 e. The van der Waals surface area contributed by atoms with Crippen LogP contribution in [0, 0.1) is 12.8 Å². The lowest BCUT2D eigenvalue weighted by molar-refractivity contribution is -0.152.